The average Bonchev–Trinajstić information content (AvgIpc) is 2.40. The summed E-state index contributed by atoms with van der Waals surface area (Å²) >= 11 is 12.5. The summed E-state index contributed by atoms with van der Waals surface area (Å²) in [6, 6.07) is 7.38. The van der Waals surface area contributed by atoms with E-state index in [0.29, 0.717) is 15.1 Å². The monoisotopic (exact) mass is 424 g/mol. The molecule has 2 aromatic carbocycles. The normalized spacial score (nSPS) is 12.3. The van der Waals surface area contributed by atoms with Crippen molar-refractivity contribution in [3.05, 3.63) is 62.6 Å². The van der Waals surface area contributed by atoms with E-state index in [1.165, 1.54) is 7.11 Å². The maximum atomic E-state index is 14.0. The number of methoxy groups -OCH3 is 1. The van der Waals surface area contributed by atoms with Crippen molar-refractivity contribution in [3.8, 4) is 5.75 Å². The molecule has 2 rings (SSSR count). The van der Waals surface area contributed by atoms with Crippen LogP contribution in [0.1, 0.15) is 16.0 Å². The Morgan fingerprint density at radius 3 is 2.25 bits per heavy atom. The summed E-state index contributed by atoms with van der Waals surface area (Å²) in [5, 5.41) is 0.532. The van der Waals surface area contributed by atoms with E-state index in [1.807, 2.05) is 0 Å². The van der Waals surface area contributed by atoms with Gasteiger partial charge in [-0.1, -0.05) is 33.6 Å². The summed E-state index contributed by atoms with van der Waals surface area (Å²) in [5.74, 6) is -1.20. The summed E-state index contributed by atoms with van der Waals surface area (Å²) in [6.45, 7) is 0. The van der Waals surface area contributed by atoms with Crippen LogP contribution in [0.25, 0.3) is 0 Å². The van der Waals surface area contributed by atoms with Gasteiger partial charge in [-0.25, -0.2) is 8.78 Å². The summed E-state index contributed by atoms with van der Waals surface area (Å²) in [6.07, 6.45) is 0. The van der Waals surface area contributed by atoms with Crippen LogP contribution >= 0.6 is 43.5 Å². The molecule has 0 N–H and O–H groups in total. The third kappa shape index (κ3) is 3.15. The molecular formula is C14H9Br2ClF2O. The third-order valence-corrected chi connectivity index (χ3v) is 4.98. The molecule has 0 aliphatic rings. The molecular weight excluding hydrogens is 417 g/mol. The van der Waals surface area contributed by atoms with Crippen LogP contribution in [0.15, 0.2) is 34.8 Å². The Morgan fingerprint density at radius 2 is 1.75 bits per heavy atom. The standard InChI is InChI=1S/C14H9Br2ClF2O/c1-20-8-5-11(18)13(12(19)6-8)14(16)7-2-3-10(17)9(15)4-7/h2-6,14H,1H3. The molecule has 1 unspecified atom stereocenters. The highest BCUT2D eigenvalue weighted by Crippen LogP contribution is 2.38. The van der Waals surface area contributed by atoms with E-state index in [0.717, 1.165) is 12.1 Å². The molecule has 0 radical (unpaired) electrons. The van der Waals surface area contributed by atoms with Gasteiger partial charge in [-0.2, -0.15) is 0 Å². The molecule has 1 atom stereocenters. The summed E-state index contributed by atoms with van der Waals surface area (Å²) in [5.41, 5.74) is 0.615. The van der Waals surface area contributed by atoms with E-state index in [1.54, 1.807) is 18.2 Å². The molecule has 0 saturated carbocycles. The second-order valence-electron chi connectivity index (χ2n) is 4.04. The smallest absolute Gasteiger partial charge is 0.134 e. The molecule has 6 heteroatoms. The molecule has 0 aliphatic heterocycles. The third-order valence-electron chi connectivity index (χ3n) is 2.78. The molecule has 0 saturated heterocycles. The van der Waals surface area contributed by atoms with Crippen molar-refractivity contribution in [2.45, 2.75) is 4.83 Å². The molecule has 0 aromatic heterocycles. The predicted molar refractivity (Wildman–Crippen MR) is 82.8 cm³/mol. The van der Waals surface area contributed by atoms with E-state index < -0.39 is 16.5 Å². The Balaban J connectivity index is 2.47. The van der Waals surface area contributed by atoms with Gasteiger partial charge in [-0.3, -0.25) is 0 Å². The largest absolute Gasteiger partial charge is 0.497 e. The number of benzene rings is 2. The van der Waals surface area contributed by atoms with Crippen LogP contribution in [0.3, 0.4) is 0 Å². The molecule has 0 aliphatic carbocycles. The molecule has 20 heavy (non-hydrogen) atoms. The number of hydrogen-bond donors (Lipinski definition) is 0. The first kappa shape index (κ1) is 15.7. The van der Waals surface area contributed by atoms with Gasteiger partial charge in [0.25, 0.3) is 0 Å². The van der Waals surface area contributed by atoms with Gasteiger partial charge >= 0.3 is 0 Å². The van der Waals surface area contributed by atoms with Crippen LogP contribution in [0.5, 0.6) is 5.75 Å². The Labute approximate surface area is 137 Å². The number of rotatable bonds is 3. The molecule has 2 aromatic rings. The van der Waals surface area contributed by atoms with Gasteiger partial charge in [-0.05, 0) is 33.6 Å². The minimum Gasteiger partial charge on any atom is -0.497 e. The molecule has 0 spiro atoms. The first-order valence-corrected chi connectivity index (χ1v) is 7.64. The van der Waals surface area contributed by atoms with Crippen LogP contribution in [-0.4, -0.2) is 7.11 Å². The lowest BCUT2D eigenvalue weighted by Crippen LogP contribution is -2.02. The first-order valence-electron chi connectivity index (χ1n) is 5.56. The van der Waals surface area contributed by atoms with Crippen LogP contribution in [0.4, 0.5) is 8.78 Å². The fourth-order valence-corrected chi connectivity index (χ4v) is 2.99. The summed E-state index contributed by atoms with van der Waals surface area (Å²) in [4.78, 5) is -0.623. The minimum absolute atomic E-state index is 0.0694. The first-order chi connectivity index (χ1) is 9.43. The Morgan fingerprint density at radius 1 is 1.15 bits per heavy atom. The lowest BCUT2D eigenvalue weighted by atomic mass is 10.0. The van der Waals surface area contributed by atoms with Gasteiger partial charge in [0.1, 0.15) is 17.4 Å². The van der Waals surface area contributed by atoms with Crippen LogP contribution in [0.2, 0.25) is 5.02 Å². The quantitative estimate of drug-likeness (QED) is 0.558. The molecule has 106 valence electrons. The maximum absolute atomic E-state index is 14.0. The van der Waals surface area contributed by atoms with Crippen molar-refractivity contribution in [1.29, 1.82) is 0 Å². The Bertz CT molecular complexity index is 626. The van der Waals surface area contributed by atoms with E-state index in [2.05, 4.69) is 31.9 Å². The SMILES string of the molecule is COc1cc(F)c(C(Br)c2ccc(Cl)c(Br)c2)c(F)c1. The molecule has 1 nitrogen and oxygen atoms in total. The zero-order valence-electron chi connectivity index (χ0n) is 10.3. The average molecular weight is 426 g/mol. The topological polar surface area (TPSA) is 9.23 Å². The number of hydrogen-bond acceptors (Lipinski definition) is 1. The van der Waals surface area contributed by atoms with Gasteiger partial charge < -0.3 is 4.74 Å². The van der Waals surface area contributed by atoms with Gasteiger partial charge in [-0.15, -0.1) is 0 Å². The van der Waals surface area contributed by atoms with Crippen molar-refractivity contribution in [3.63, 3.8) is 0 Å². The van der Waals surface area contributed by atoms with E-state index in [-0.39, 0.29) is 11.3 Å². The molecule has 0 heterocycles. The highest BCUT2D eigenvalue weighted by molar-refractivity contribution is 9.10. The number of ether oxygens (including phenoxy) is 1. The van der Waals surface area contributed by atoms with E-state index in [9.17, 15) is 8.78 Å². The van der Waals surface area contributed by atoms with Gasteiger partial charge in [0.2, 0.25) is 0 Å². The zero-order chi connectivity index (χ0) is 14.9. The zero-order valence-corrected chi connectivity index (χ0v) is 14.2. The van der Waals surface area contributed by atoms with Crippen molar-refractivity contribution in [2.75, 3.05) is 7.11 Å². The lowest BCUT2D eigenvalue weighted by molar-refractivity contribution is 0.405. The highest BCUT2D eigenvalue weighted by atomic mass is 79.9. The Kier molecular flexibility index (Phi) is 5.04. The van der Waals surface area contributed by atoms with Gasteiger partial charge in [0, 0.05) is 22.2 Å². The van der Waals surface area contributed by atoms with E-state index in [4.69, 9.17) is 16.3 Å². The van der Waals surface area contributed by atoms with Crippen LogP contribution in [-0.2, 0) is 0 Å². The van der Waals surface area contributed by atoms with Crippen molar-refractivity contribution >= 4 is 43.5 Å². The summed E-state index contributed by atoms with van der Waals surface area (Å²) in [7, 11) is 1.36. The maximum Gasteiger partial charge on any atom is 0.134 e. The summed E-state index contributed by atoms with van der Waals surface area (Å²) < 4.78 is 33.5. The lowest BCUT2D eigenvalue weighted by Gasteiger charge is -2.14. The fraction of sp³-hybridized carbons (Fsp3) is 0.143. The second-order valence-corrected chi connectivity index (χ2v) is 6.22. The minimum atomic E-state index is -0.671. The molecule has 0 bridgehead atoms. The molecule has 0 fully saturated rings. The molecule has 0 amide bonds. The predicted octanol–water partition coefficient (Wildman–Crippen LogP) is 5.87. The fourth-order valence-electron chi connectivity index (χ4n) is 1.76. The van der Waals surface area contributed by atoms with Gasteiger partial charge in [0.15, 0.2) is 0 Å². The van der Waals surface area contributed by atoms with Crippen molar-refractivity contribution < 1.29 is 13.5 Å². The Hall–Kier alpha value is -0.650. The second kappa shape index (κ2) is 6.41. The number of alkyl halides is 1. The number of halogens is 5. The highest BCUT2D eigenvalue weighted by Gasteiger charge is 2.21. The van der Waals surface area contributed by atoms with E-state index >= 15 is 0 Å². The van der Waals surface area contributed by atoms with Crippen LogP contribution in [0, 0.1) is 11.6 Å². The van der Waals surface area contributed by atoms with Crippen LogP contribution < -0.4 is 4.74 Å². The van der Waals surface area contributed by atoms with Gasteiger partial charge in [0.05, 0.1) is 17.0 Å². The van der Waals surface area contributed by atoms with Crippen molar-refractivity contribution in [1.82, 2.24) is 0 Å². The van der Waals surface area contributed by atoms with Crippen molar-refractivity contribution in [2.24, 2.45) is 0 Å².